The molecular formula is C12H13F2NO2S. The van der Waals surface area contributed by atoms with Crippen molar-refractivity contribution < 1.29 is 18.4 Å². The summed E-state index contributed by atoms with van der Waals surface area (Å²) in [6, 6.07) is 2.73. The predicted molar refractivity (Wildman–Crippen MR) is 66.7 cm³/mol. The first-order chi connectivity index (χ1) is 8.54. The van der Waals surface area contributed by atoms with Gasteiger partial charge >= 0.3 is 0 Å². The van der Waals surface area contributed by atoms with Crippen LogP contribution in [-0.2, 0) is 4.79 Å². The molecule has 0 heterocycles. The number of halogens is 2. The van der Waals surface area contributed by atoms with Crippen molar-refractivity contribution in [1.29, 1.82) is 0 Å². The Bertz CT molecular complexity index is 452. The van der Waals surface area contributed by atoms with Gasteiger partial charge in [-0.2, -0.15) is 0 Å². The molecule has 3 nitrogen and oxygen atoms in total. The Labute approximate surface area is 108 Å². The number of hydrogen-bond acceptors (Lipinski definition) is 3. The Balaban J connectivity index is 2.50. The summed E-state index contributed by atoms with van der Waals surface area (Å²) in [5, 5.41) is 2.57. The molecule has 0 atom stereocenters. The predicted octanol–water partition coefficient (Wildman–Crippen LogP) is 2.02. The van der Waals surface area contributed by atoms with Gasteiger partial charge in [-0.15, -0.1) is 11.8 Å². The first-order valence-electron chi connectivity index (χ1n) is 5.37. The van der Waals surface area contributed by atoms with Crippen LogP contribution in [0.15, 0.2) is 18.2 Å². The largest absolute Gasteiger partial charge is 0.356 e. The van der Waals surface area contributed by atoms with Crippen molar-refractivity contribution in [2.24, 2.45) is 0 Å². The van der Waals surface area contributed by atoms with Gasteiger partial charge in [0.25, 0.3) is 0 Å². The van der Waals surface area contributed by atoms with Gasteiger partial charge in [0, 0.05) is 6.54 Å². The molecule has 1 amide bonds. The van der Waals surface area contributed by atoms with Crippen molar-refractivity contribution in [2.45, 2.75) is 6.92 Å². The number of nitrogens with one attached hydrogen (secondary N) is 1. The van der Waals surface area contributed by atoms with Crippen LogP contribution in [0.4, 0.5) is 8.78 Å². The number of rotatable bonds is 6. The van der Waals surface area contributed by atoms with Crippen molar-refractivity contribution in [3.63, 3.8) is 0 Å². The fourth-order valence-corrected chi connectivity index (χ4v) is 2.00. The maximum Gasteiger partial charge on any atom is 0.229 e. The van der Waals surface area contributed by atoms with Gasteiger partial charge in [-0.05, 0) is 25.1 Å². The molecule has 0 saturated heterocycles. The maximum atomic E-state index is 13.3. The molecule has 0 radical (unpaired) electrons. The van der Waals surface area contributed by atoms with E-state index in [4.69, 9.17) is 0 Å². The van der Waals surface area contributed by atoms with Crippen LogP contribution in [-0.4, -0.2) is 29.7 Å². The Morgan fingerprint density at radius 1 is 1.28 bits per heavy atom. The van der Waals surface area contributed by atoms with Crippen molar-refractivity contribution in [1.82, 2.24) is 5.32 Å². The van der Waals surface area contributed by atoms with E-state index in [-0.39, 0.29) is 23.0 Å². The zero-order chi connectivity index (χ0) is 13.5. The lowest BCUT2D eigenvalue weighted by molar-refractivity contribution is -0.118. The van der Waals surface area contributed by atoms with Gasteiger partial charge in [0.05, 0.1) is 17.1 Å². The molecule has 1 N–H and O–H groups in total. The first kappa shape index (κ1) is 14.6. The lowest BCUT2D eigenvalue weighted by Gasteiger charge is -2.03. The summed E-state index contributed by atoms with van der Waals surface area (Å²) in [6.45, 7) is 2.31. The third-order valence-electron chi connectivity index (χ3n) is 2.07. The molecule has 6 heteroatoms. The van der Waals surface area contributed by atoms with Crippen LogP contribution < -0.4 is 5.32 Å². The fraction of sp³-hybridized carbons (Fsp3) is 0.333. The average molecular weight is 273 g/mol. The molecule has 0 aliphatic carbocycles. The summed E-state index contributed by atoms with van der Waals surface area (Å²) < 4.78 is 26.1. The molecule has 0 bridgehead atoms. The van der Waals surface area contributed by atoms with Crippen LogP contribution >= 0.6 is 11.8 Å². The Morgan fingerprint density at radius 3 is 2.67 bits per heavy atom. The number of amides is 1. The zero-order valence-corrected chi connectivity index (χ0v) is 10.7. The molecule has 0 saturated carbocycles. The minimum absolute atomic E-state index is 0.0580. The van der Waals surface area contributed by atoms with Crippen LogP contribution in [0.1, 0.15) is 17.3 Å². The van der Waals surface area contributed by atoms with E-state index >= 15 is 0 Å². The van der Waals surface area contributed by atoms with E-state index in [0.29, 0.717) is 6.54 Å². The van der Waals surface area contributed by atoms with Gasteiger partial charge in [0.2, 0.25) is 5.91 Å². The van der Waals surface area contributed by atoms with E-state index in [1.165, 1.54) is 0 Å². The number of carbonyl (C=O) groups is 2. The minimum Gasteiger partial charge on any atom is -0.356 e. The van der Waals surface area contributed by atoms with E-state index in [9.17, 15) is 18.4 Å². The standard InChI is InChI=1S/C12H13F2NO2S/c1-2-15-12(17)7-18-6-11(16)9-5-8(13)3-4-10(9)14/h3-5H,2,6-7H2,1H3,(H,15,17). The Kier molecular flexibility index (Phi) is 5.77. The van der Waals surface area contributed by atoms with Gasteiger partial charge in [-0.1, -0.05) is 0 Å². The normalized spacial score (nSPS) is 10.2. The highest BCUT2D eigenvalue weighted by atomic mass is 32.2. The number of benzene rings is 1. The molecule has 1 rings (SSSR count). The molecule has 0 spiro atoms. The molecule has 1 aromatic carbocycles. The number of ketones is 1. The quantitative estimate of drug-likeness (QED) is 0.807. The SMILES string of the molecule is CCNC(=O)CSCC(=O)c1cc(F)ccc1F. The third kappa shape index (κ3) is 4.44. The second kappa shape index (κ2) is 7.10. The second-order valence-corrected chi connectivity index (χ2v) is 4.48. The molecule has 0 aliphatic heterocycles. The monoisotopic (exact) mass is 273 g/mol. The van der Waals surface area contributed by atoms with E-state index in [0.717, 1.165) is 30.0 Å². The number of carbonyl (C=O) groups excluding carboxylic acids is 2. The highest BCUT2D eigenvalue weighted by Gasteiger charge is 2.13. The van der Waals surface area contributed by atoms with E-state index in [1.807, 2.05) is 0 Å². The maximum absolute atomic E-state index is 13.3. The lowest BCUT2D eigenvalue weighted by Crippen LogP contribution is -2.25. The summed E-state index contributed by atoms with van der Waals surface area (Å²) in [5.74, 6) is -2.06. The van der Waals surface area contributed by atoms with Crippen LogP contribution in [0.3, 0.4) is 0 Å². The van der Waals surface area contributed by atoms with Gasteiger partial charge in [0.1, 0.15) is 11.6 Å². The van der Waals surface area contributed by atoms with Crippen molar-refractivity contribution in [3.05, 3.63) is 35.4 Å². The van der Waals surface area contributed by atoms with Crippen LogP contribution in [0, 0.1) is 11.6 Å². The topological polar surface area (TPSA) is 46.2 Å². The number of hydrogen-bond donors (Lipinski definition) is 1. The Morgan fingerprint density at radius 2 is 2.00 bits per heavy atom. The molecule has 98 valence electrons. The fourth-order valence-electron chi connectivity index (χ4n) is 1.27. The average Bonchev–Trinajstić information content (AvgIpc) is 2.32. The van der Waals surface area contributed by atoms with Crippen LogP contribution in [0.2, 0.25) is 0 Å². The second-order valence-electron chi connectivity index (χ2n) is 3.49. The van der Waals surface area contributed by atoms with Gasteiger partial charge in [-0.25, -0.2) is 8.78 Å². The van der Waals surface area contributed by atoms with E-state index < -0.39 is 17.4 Å². The highest BCUT2D eigenvalue weighted by molar-refractivity contribution is 8.00. The molecule has 1 aromatic rings. The third-order valence-corrected chi connectivity index (χ3v) is 3.00. The molecule has 0 unspecified atom stereocenters. The Hall–Kier alpha value is -1.43. The summed E-state index contributed by atoms with van der Waals surface area (Å²) >= 11 is 1.07. The van der Waals surface area contributed by atoms with Gasteiger partial charge in [0.15, 0.2) is 5.78 Å². The zero-order valence-electron chi connectivity index (χ0n) is 9.83. The summed E-state index contributed by atoms with van der Waals surface area (Å²) in [5.41, 5.74) is -0.279. The van der Waals surface area contributed by atoms with Crippen LogP contribution in [0.25, 0.3) is 0 Å². The van der Waals surface area contributed by atoms with E-state index in [2.05, 4.69) is 5.32 Å². The van der Waals surface area contributed by atoms with Gasteiger partial charge in [-0.3, -0.25) is 9.59 Å². The smallest absolute Gasteiger partial charge is 0.229 e. The number of Topliss-reactive ketones (excluding diaryl/α,β-unsaturated/α-hetero) is 1. The van der Waals surface area contributed by atoms with Crippen molar-refractivity contribution in [3.8, 4) is 0 Å². The summed E-state index contributed by atoms with van der Waals surface area (Å²) in [6.07, 6.45) is 0. The first-order valence-corrected chi connectivity index (χ1v) is 6.52. The van der Waals surface area contributed by atoms with Crippen molar-refractivity contribution >= 4 is 23.5 Å². The highest BCUT2D eigenvalue weighted by Crippen LogP contribution is 2.13. The minimum atomic E-state index is -0.750. The number of thioether (sulfide) groups is 1. The summed E-state index contributed by atoms with van der Waals surface area (Å²) in [7, 11) is 0. The molecule has 18 heavy (non-hydrogen) atoms. The molecular weight excluding hydrogens is 260 g/mol. The van der Waals surface area contributed by atoms with Crippen molar-refractivity contribution in [2.75, 3.05) is 18.1 Å². The molecule has 0 aromatic heterocycles. The molecule has 0 aliphatic rings. The molecule has 0 fully saturated rings. The van der Waals surface area contributed by atoms with Crippen LogP contribution in [0.5, 0.6) is 0 Å². The lowest BCUT2D eigenvalue weighted by atomic mass is 10.1. The van der Waals surface area contributed by atoms with E-state index in [1.54, 1.807) is 6.92 Å². The summed E-state index contributed by atoms with van der Waals surface area (Å²) in [4.78, 5) is 22.7. The van der Waals surface area contributed by atoms with Gasteiger partial charge < -0.3 is 5.32 Å².